The minimum absolute atomic E-state index is 0.129. The van der Waals surface area contributed by atoms with E-state index in [2.05, 4.69) is 20.3 Å². The number of nitrogen functional groups attached to an aromatic ring is 1. The number of H-pyrrole nitrogens is 1. The van der Waals surface area contributed by atoms with Crippen molar-refractivity contribution in [1.82, 2.24) is 20.3 Å². The number of nitrogens with two attached hydrogens (primary N) is 1. The number of nitrogens with one attached hydrogen (secondary N) is 2. The lowest BCUT2D eigenvalue weighted by atomic mass is 10.3. The second kappa shape index (κ2) is 4.96. The topological polar surface area (TPSA) is 96.7 Å². The van der Waals surface area contributed by atoms with Gasteiger partial charge in [0.25, 0.3) is 5.91 Å². The largest absolute Gasteiger partial charge is 0.375 e. The van der Waals surface area contributed by atoms with Crippen molar-refractivity contribution in [3.05, 3.63) is 28.8 Å². The van der Waals surface area contributed by atoms with Crippen LogP contribution < -0.4 is 11.1 Å². The summed E-state index contributed by atoms with van der Waals surface area (Å²) in [6.45, 7) is 2.33. The minimum atomic E-state index is -0.129. The maximum absolute atomic E-state index is 11.8. The van der Waals surface area contributed by atoms with Gasteiger partial charge in [-0.15, -0.1) is 0 Å². The van der Waals surface area contributed by atoms with Gasteiger partial charge in [0.05, 0.1) is 12.0 Å². The van der Waals surface area contributed by atoms with Gasteiger partial charge in [-0.25, -0.2) is 9.97 Å². The van der Waals surface area contributed by atoms with Crippen LogP contribution in [-0.4, -0.2) is 27.4 Å². The van der Waals surface area contributed by atoms with Crippen LogP contribution in [0.5, 0.6) is 0 Å². The minimum Gasteiger partial charge on any atom is -0.375 e. The summed E-state index contributed by atoms with van der Waals surface area (Å²) in [5.41, 5.74) is 7.20. The molecule has 1 amide bonds. The van der Waals surface area contributed by atoms with Gasteiger partial charge in [-0.05, 0) is 6.92 Å². The Kier molecular flexibility index (Phi) is 3.38. The van der Waals surface area contributed by atoms with Crippen LogP contribution in [0.1, 0.15) is 21.1 Å². The van der Waals surface area contributed by atoms with Gasteiger partial charge in [-0.1, -0.05) is 11.3 Å². The normalized spacial score (nSPS) is 10.4. The molecule has 4 N–H and O–H groups in total. The molecule has 0 aliphatic heterocycles. The van der Waals surface area contributed by atoms with Crippen molar-refractivity contribution in [2.75, 3.05) is 12.3 Å². The zero-order valence-corrected chi connectivity index (χ0v) is 10.2. The zero-order chi connectivity index (χ0) is 12.3. The molecule has 0 saturated carbocycles. The van der Waals surface area contributed by atoms with E-state index in [1.54, 1.807) is 19.4 Å². The molecule has 0 spiro atoms. The summed E-state index contributed by atoms with van der Waals surface area (Å²) in [5, 5.41) is 3.24. The summed E-state index contributed by atoms with van der Waals surface area (Å²) in [6.07, 6.45) is 4.08. The molecule has 0 atom stereocenters. The first-order valence-corrected chi connectivity index (χ1v) is 5.97. The van der Waals surface area contributed by atoms with E-state index in [-0.39, 0.29) is 5.91 Å². The molecule has 0 bridgehead atoms. The molecule has 0 aliphatic carbocycles. The number of aromatic nitrogens is 3. The molecule has 2 rings (SSSR count). The third kappa shape index (κ3) is 2.82. The summed E-state index contributed by atoms with van der Waals surface area (Å²) in [7, 11) is 0. The molecule has 2 aromatic rings. The Balaban J connectivity index is 1.87. The predicted molar refractivity (Wildman–Crippen MR) is 65.9 cm³/mol. The highest BCUT2D eigenvalue weighted by atomic mass is 32.1. The third-order valence-corrected chi connectivity index (χ3v) is 3.24. The Bertz CT molecular complexity index is 505. The molecule has 2 heterocycles. The van der Waals surface area contributed by atoms with Crippen molar-refractivity contribution in [2.45, 2.75) is 13.3 Å². The van der Waals surface area contributed by atoms with E-state index >= 15 is 0 Å². The van der Waals surface area contributed by atoms with Crippen LogP contribution >= 0.6 is 11.3 Å². The number of nitrogens with zero attached hydrogens (tertiary/aromatic N) is 2. The highest BCUT2D eigenvalue weighted by Crippen LogP contribution is 2.19. The maximum atomic E-state index is 11.8. The first-order chi connectivity index (χ1) is 8.16. The Morgan fingerprint density at radius 3 is 3.06 bits per heavy atom. The fourth-order valence-corrected chi connectivity index (χ4v) is 2.19. The lowest BCUT2D eigenvalue weighted by Crippen LogP contribution is -2.25. The molecule has 7 heteroatoms. The number of thiazole rings is 1. The number of hydrogen-bond acceptors (Lipinski definition) is 5. The predicted octanol–water partition coefficient (Wildman–Crippen LogP) is 0.729. The lowest BCUT2D eigenvalue weighted by Gasteiger charge is -2.02. The van der Waals surface area contributed by atoms with E-state index < -0.39 is 0 Å². The monoisotopic (exact) mass is 251 g/mol. The molecule has 0 radical (unpaired) electrons. The van der Waals surface area contributed by atoms with Gasteiger partial charge in [0.15, 0.2) is 5.13 Å². The number of carbonyl (C=O) groups excluding carboxylic acids is 1. The third-order valence-electron chi connectivity index (χ3n) is 2.25. The Labute approximate surface area is 102 Å². The van der Waals surface area contributed by atoms with Crippen LogP contribution in [0, 0.1) is 6.92 Å². The van der Waals surface area contributed by atoms with E-state index in [1.807, 2.05) is 0 Å². The van der Waals surface area contributed by atoms with Gasteiger partial charge in [-0.3, -0.25) is 4.79 Å². The summed E-state index contributed by atoms with van der Waals surface area (Å²) in [4.78, 5) is 23.2. The summed E-state index contributed by atoms with van der Waals surface area (Å²) in [6, 6.07) is 0. The number of aromatic amines is 1. The lowest BCUT2D eigenvalue weighted by molar-refractivity contribution is 0.0957. The Morgan fingerprint density at radius 1 is 1.65 bits per heavy atom. The summed E-state index contributed by atoms with van der Waals surface area (Å²) in [5.74, 6) is -0.129. The van der Waals surface area contributed by atoms with Crippen molar-refractivity contribution < 1.29 is 4.79 Å². The number of aryl methyl sites for hydroxylation is 1. The maximum Gasteiger partial charge on any atom is 0.263 e. The van der Waals surface area contributed by atoms with E-state index in [1.165, 1.54) is 11.3 Å². The summed E-state index contributed by atoms with van der Waals surface area (Å²) >= 11 is 1.20. The van der Waals surface area contributed by atoms with Gasteiger partial charge in [0.1, 0.15) is 4.88 Å². The first kappa shape index (κ1) is 11.6. The molecule has 0 aliphatic rings. The molecule has 90 valence electrons. The SMILES string of the molecule is Cc1nc(N)sc1C(=O)NCCc1cnc[nH]1. The smallest absolute Gasteiger partial charge is 0.263 e. The number of hydrogen-bond donors (Lipinski definition) is 3. The van der Waals surface area contributed by atoms with Crippen molar-refractivity contribution in [3.8, 4) is 0 Å². The molecule has 0 unspecified atom stereocenters. The molecule has 0 saturated heterocycles. The number of anilines is 1. The number of amides is 1. The molecular weight excluding hydrogens is 238 g/mol. The van der Waals surface area contributed by atoms with Crippen LogP contribution in [0.3, 0.4) is 0 Å². The van der Waals surface area contributed by atoms with Crippen molar-refractivity contribution in [3.63, 3.8) is 0 Å². The van der Waals surface area contributed by atoms with Crippen molar-refractivity contribution >= 4 is 22.4 Å². The van der Waals surface area contributed by atoms with Crippen LogP contribution in [0.4, 0.5) is 5.13 Å². The average molecular weight is 251 g/mol. The van der Waals surface area contributed by atoms with Gasteiger partial charge in [-0.2, -0.15) is 0 Å². The van der Waals surface area contributed by atoms with E-state index in [4.69, 9.17) is 5.73 Å². The highest BCUT2D eigenvalue weighted by Gasteiger charge is 2.13. The van der Waals surface area contributed by atoms with Gasteiger partial charge in [0, 0.05) is 24.9 Å². The number of carbonyl (C=O) groups is 1. The molecule has 0 aromatic carbocycles. The fourth-order valence-electron chi connectivity index (χ4n) is 1.44. The molecule has 2 aromatic heterocycles. The van der Waals surface area contributed by atoms with Gasteiger partial charge in [0.2, 0.25) is 0 Å². The molecular formula is C10H13N5OS. The first-order valence-electron chi connectivity index (χ1n) is 5.15. The number of rotatable bonds is 4. The Hall–Kier alpha value is -1.89. The van der Waals surface area contributed by atoms with E-state index in [0.29, 0.717) is 22.2 Å². The van der Waals surface area contributed by atoms with Gasteiger partial charge >= 0.3 is 0 Å². The fraction of sp³-hybridized carbons (Fsp3) is 0.300. The standard InChI is InChI=1S/C10H13N5OS/c1-6-8(17-10(11)15-6)9(16)13-3-2-7-4-12-5-14-7/h4-5H,2-3H2,1H3,(H2,11,15)(H,12,14)(H,13,16). The highest BCUT2D eigenvalue weighted by molar-refractivity contribution is 7.17. The number of imidazole rings is 1. The van der Waals surface area contributed by atoms with Crippen LogP contribution in [0.25, 0.3) is 0 Å². The van der Waals surface area contributed by atoms with Gasteiger partial charge < -0.3 is 16.0 Å². The van der Waals surface area contributed by atoms with Crippen molar-refractivity contribution in [1.29, 1.82) is 0 Å². The van der Waals surface area contributed by atoms with Crippen molar-refractivity contribution in [2.24, 2.45) is 0 Å². The molecule has 17 heavy (non-hydrogen) atoms. The zero-order valence-electron chi connectivity index (χ0n) is 9.36. The summed E-state index contributed by atoms with van der Waals surface area (Å²) < 4.78 is 0. The van der Waals surface area contributed by atoms with Crippen LogP contribution in [0.2, 0.25) is 0 Å². The second-order valence-electron chi connectivity index (χ2n) is 3.55. The average Bonchev–Trinajstić information content (AvgIpc) is 2.88. The van der Waals surface area contributed by atoms with E-state index in [9.17, 15) is 4.79 Å². The van der Waals surface area contributed by atoms with Crippen LogP contribution in [-0.2, 0) is 6.42 Å². The molecule has 6 nitrogen and oxygen atoms in total. The quantitative estimate of drug-likeness (QED) is 0.746. The molecule has 0 fully saturated rings. The van der Waals surface area contributed by atoms with Crippen LogP contribution in [0.15, 0.2) is 12.5 Å². The second-order valence-corrected chi connectivity index (χ2v) is 4.58. The Morgan fingerprint density at radius 2 is 2.47 bits per heavy atom. The van der Waals surface area contributed by atoms with E-state index in [0.717, 1.165) is 12.1 Å².